The molecule has 0 bridgehead atoms. The van der Waals surface area contributed by atoms with Crippen LogP contribution in [0.25, 0.3) is 11.0 Å². The number of nitrogens with zero attached hydrogens (tertiary/aromatic N) is 3. The van der Waals surface area contributed by atoms with Gasteiger partial charge in [0.15, 0.2) is 6.61 Å². The Morgan fingerprint density at radius 1 is 1.18 bits per heavy atom. The van der Waals surface area contributed by atoms with Crippen molar-refractivity contribution in [3.05, 3.63) is 30.5 Å². The summed E-state index contributed by atoms with van der Waals surface area (Å²) >= 11 is 1.18. The van der Waals surface area contributed by atoms with Crippen molar-refractivity contribution >= 4 is 40.6 Å². The van der Waals surface area contributed by atoms with E-state index in [1.165, 1.54) is 23.7 Å². The first-order chi connectivity index (χ1) is 13.1. The van der Waals surface area contributed by atoms with Gasteiger partial charge in [0.1, 0.15) is 5.03 Å². The molecule has 2 aromatic rings. The number of nitrogens with one attached hydrogen (secondary N) is 1. The molecule has 0 radical (unpaired) electrons. The average molecular weight is 404 g/mol. The van der Waals surface area contributed by atoms with Gasteiger partial charge in [-0.2, -0.15) is 0 Å². The predicted octanol–water partition coefficient (Wildman–Crippen LogP) is 1.64. The summed E-state index contributed by atoms with van der Waals surface area (Å²) in [4.78, 5) is 45.6. The largest absolute Gasteiger partial charge is 0.455 e. The second-order valence-corrected chi connectivity index (χ2v) is 8.19. The minimum absolute atomic E-state index is 0.00846. The molecular formula is C19H24N4O4S. The second kappa shape index (κ2) is 9.50. The minimum Gasteiger partial charge on any atom is -0.455 e. The third-order valence-corrected chi connectivity index (χ3v) is 4.31. The van der Waals surface area contributed by atoms with E-state index < -0.39 is 18.5 Å². The van der Waals surface area contributed by atoms with Crippen LogP contribution in [0.1, 0.15) is 20.8 Å². The zero-order valence-electron chi connectivity index (χ0n) is 16.4. The second-order valence-electron chi connectivity index (χ2n) is 7.19. The van der Waals surface area contributed by atoms with Crippen molar-refractivity contribution in [3.8, 4) is 0 Å². The first kappa shape index (κ1) is 21.6. The summed E-state index contributed by atoms with van der Waals surface area (Å²) in [6, 6.07) is 7.44. The quantitative estimate of drug-likeness (QED) is 0.553. The number of likely N-dealkylation sites (N-methyl/N-ethyl adjacent to an activating group) is 1. The van der Waals surface area contributed by atoms with Crippen molar-refractivity contribution in [3.63, 3.8) is 0 Å². The van der Waals surface area contributed by atoms with Gasteiger partial charge >= 0.3 is 5.97 Å². The van der Waals surface area contributed by atoms with Crippen LogP contribution in [-0.2, 0) is 19.1 Å². The number of aromatic nitrogens is 2. The molecule has 8 nitrogen and oxygen atoms in total. The Kier molecular flexibility index (Phi) is 7.33. The molecule has 2 amide bonds. The Hall–Kier alpha value is -2.68. The fraction of sp³-hybridized carbons (Fsp3) is 0.421. The maximum absolute atomic E-state index is 12.0. The third-order valence-electron chi connectivity index (χ3n) is 3.44. The molecule has 9 heteroatoms. The number of rotatable bonds is 7. The van der Waals surface area contributed by atoms with Gasteiger partial charge in [-0.05, 0) is 32.9 Å². The van der Waals surface area contributed by atoms with Crippen LogP contribution in [0.2, 0.25) is 0 Å². The molecule has 1 aromatic carbocycles. The molecule has 1 aromatic heterocycles. The van der Waals surface area contributed by atoms with Gasteiger partial charge in [0.05, 0.1) is 29.5 Å². The Balaban J connectivity index is 1.75. The zero-order valence-corrected chi connectivity index (χ0v) is 17.2. The lowest BCUT2D eigenvalue weighted by Crippen LogP contribution is -2.46. The number of carbonyl (C=O) groups excluding carboxylic acids is 3. The van der Waals surface area contributed by atoms with Gasteiger partial charge in [-0.1, -0.05) is 23.9 Å². The lowest BCUT2D eigenvalue weighted by Gasteiger charge is -2.23. The number of carbonyl (C=O) groups is 3. The maximum Gasteiger partial charge on any atom is 0.316 e. The summed E-state index contributed by atoms with van der Waals surface area (Å²) in [5.74, 6) is -1.26. The van der Waals surface area contributed by atoms with Gasteiger partial charge in [-0.25, -0.2) is 4.98 Å². The number of amides is 2. The lowest BCUT2D eigenvalue weighted by atomic mass is 10.1. The van der Waals surface area contributed by atoms with Crippen molar-refractivity contribution in [1.82, 2.24) is 20.2 Å². The molecule has 0 fully saturated rings. The summed E-state index contributed by atoms with van der Waals surface area (Å²) in [7, 11) is 1.48. The molecule has 0 saturated carbocycles. The summed E-state index contributed by atoms with van der Waals surface area (Å²) in [5.41, 5.74) is 1.14. The molecule has 0 spiro atoms. The highest BCUT2D eigenvalue weighted by atomic mass is 32.2. The Morgan fingerprint density at radius 3 is 2.54 bits per heavy atom. The molecular weight excluding hydrogens is 380 g/mol. The first-order valence-corrected chi connectivity index (χ1v) is 9.68. The molecule has 1 heterocycles. The van der Waals surface area contributed by atoms with Crippen LogP contribution >= 0.6 is 11.8 Å². The molecule has 1 N–H and O–H groups in total. The highest BCUT2D eigenvalue weighted by molar-refractivity contribution is 7.99. The van der Waals surface area contributed by atoms with Gasteiger partial charge in [0, 0.05) is 12.6 Å². The molecule has 0 aliphatic rings. The highest BCUT2D eigenvalue weighted by Crippen LogP contribution is 2.17. The van der Waals surface area contributed by atoms with E-state index in [2.05, 4.69) is 15.3 Å². The highest BCUT2D eigenvalue weighted by Gasteiger charge is 2.18. The number of thioether (sulfide) groups is 1. The maximum atomic E-state index is 12.0. The van der Waals surface area contributed by atoms with Crippen LogP contribution in [0.5, 0.6) is 0 Å². The normalized spacial score (nSPS) is 11.1. The van der Waals surface area contributed by atoms with Crippen molar-refractivity contribution < 1.29 is 19.1 Å². The Bertz CT molecular complexity index is 866. The molecule has 28 heavy (non-hydrogen) atoms. The van der Waals surface area contributed by atoms with E-state index in [1.807, 2.05) is 45.0 Å². The van der Waals surface area contributed by atoms with Crippen molar-refractivity contribution in [2.24, 2.45) is 0 Å². The van der Waals surface area contributed by atoms with E-state index in [0.29, 0.717) is 5.03 Å². The standard InChI is InChI=1S/C19H24N4O4S/c1-19(2,3)22-15(24)10-23(4)17(25)11-27-18(26)12-28-16-9-20-13-7-5-6-8-14(13)21-16/h5-9H,10-12H2,1-4H3,(H,22,24). The van der Waals surface area contributed by atoms with Crippen LogP contribution in [0.15, 0.2) is 35.5 Å². The number of ether oxygens (including phenoxy) is 1. The van der Waals surface area contributed by atoms with Crippen molar-refractivity contribution in [2.75, 3.05) is 26.0 Å². The number of esters is 1. The molecule has 0 aliphatic heterocycles. The molecule has 0 aliphatic carbocycles. The summed E-state index contributed by atoms with van der Waals surface area (Å²) in [6.45, 7) is 5.04. The number of hydrogen-bond donors (Lipinski definition) is 1. The fourth-order valence-electron chi connectivity index (χ4n) is 2.20. The van der Waals surface area contributed by atoms with E-state index >= 15 is 0 Å². The number of para-hydroxylation sites is 2. The van der Waals surface area contributed by atoms with Crippen LogP contribution in [0.3, 0.4) is 0 Å². The monoisotopic (exact) mass is 404 g/mol. The molecule has 0 saturated heterocycles. The predicted molar refractivity (Wildman–Crippen MR) is 107 cm³/mol. The van der Waals surface area contributed by atoms with E-state index in [-0.39, 0.29) is 23.7 Å². The van der Waals surface area contributed by atoms with Gasteiger partial charge in [-0.15, -0.1) is 0 Å². The number of hydrogen-bond acceptors (Lipinski definition) is 7. The van der Waals surface area contributed by atoms with Crippen molar-refractivity contribution in [1.29, 1.82) is 0 Å². The summed E-state index contributed by atoms with van der Waals surface area (Å²) < 4.78 is 4.99. The zero-order chi connectivity index (χ0) is 20.7. The topological polar surface area (TPSA) is 101 Å². The van der Waals surface area contributed by atoms with Crippen LogP contribution in [-0.4, -0.2) is 64.1 Å². The lowest BCUT2D eigenvalue weighted by molar-refractivity contribution is -0.149. The van der Waals surface area contributed by atoms with Crippen LogP contribution < -0.4 is 5.32 Å². The van der Waals surface area contributed by atoms with E-state index in [4.69, 9.17) is 4.74 Å². The third kappa shape index (κ3) is 7.15. The molecule has 150 valence electrons. The van der Waals surface area contributed by atoms with Gasteiger partial charge in [-0.3, -0.25) is 19.4 Å². The van der Waals surface area contributed by atoms with Crippen LogP contribution in [0, 0.1) is 0 Å². The number of benzene rings is 1. The van der Waals surface area contributed by atoms with E-state index in [9.17, 15) is 14.4 Å². The Labute approximate surface area is 168 Å². The van der Waals surface area contributed by atoms with E-state index in [0.717, 1.165) is 11.0 Å². The van der Waals surface area contributed by atoms with Gasteiger partial charge in [0.25, 0.3) is 5.91 Å². The SMILES string of the molecule is CN(CC(=O)NC(C)(C)C)C(=O)COC(=O)CSc1cnc2ccccc2n1. The average Bonchev–Trinajstić information content (AvgIpc) is 2.62. The van der Waals surface area contributed by atoms with Gasteiger partial charge < -0.3 is 15.0 Å². The van der Waals surface area contributed by atoms with Gasteiger partial charge in [0.2, 0.25) is 5.91 Å². The molecule has 0 atom stereocenters. The molecule has 0 unspecified atom stereocenters. The molecule has 2 rings (SSSR count). The first-order valence-electron chi connectivity index (χ1n) is 8.69. The number of fused-ring (bicyclic) bond motifs is 1. The minimum atomic E-state index is -0.541. The Morgan fingerprint density at radius 2 is 1.86 bits per heavy atom. The van der Waals surface area contributed by atoms with Crippen LogP contribution in [0.4, 0.5) is 0 Å². The van der Waals surface area contributed by atoms with E-state index in [1.54, 1.807) is 6.20 Å². The summed E-state index contributed by atoms with van der Waals surface area (Å²) in [5, 5.41) is 3.36. The smallest absolute Gasteiger partial charge is 0.316 e. The fourth-order valence-corrected chi connectivity index (χ4v) is 2.84. The summed E-state index contributed by atoms with van der Waals surface area (Å²) in [6.07, 6.45) is 1.59. The van der Waals surface area contributed by atoms with Crippen molar-refractivity contribution in [2.45, 2.75) is 31.3 Å².